The summed E-state index contributed by atoms with van der Waals surface area (Å²) in [5.41, 5.74) is 3.53. The smallest absolute Gasteiger partial charge is 0.306 e. The first-order valence-corrected chi connectivity index (χ1v) is 13.5. The highest BCUT2D eigenvalue weighted by Crippen LogP contribution is 2.36. The van der Waals surface area contributed by atoms with E-state index in [9.17, 15) is 20.1 Å². The molecule has 3 rings (SSSR count). The quantitative estimate of drug-likeness (QED) is 0.186. The van der Waals surface area contributed by atoms with E-state index in [0.29, 0.717) is 25.7 Å². The SMILES string of the molecule is CC(C)OC(=O)CCC/C=C\C[C@@H]1[C@@H](/C=C/[C@H](O)CCc2ccc(-c3ccccc3)cc2)[C@H](O)C[C@@H]1O. The fraction of sp³-hybridized carbons (Fsp3) is 0.469. The molecule has 0 spiro atoms. The van der Waals surface area contributed by atoms with Gasteiger partial charge in [0.15, 0.2) is 0 Å². The lowest BCUT2D eigenvalue weighted by atomic mass is 9.89. The van der Waals surface area contributed by atoms with Crippen LogP contribution in [0.2, 0.25) is 0 Å². The van der Waals surface area contributed by atoms with Gasteiger partial charge in [0.2, 0.25) is 0 Å². The molecule has 200 valence electrons. The van der Waals surface area contributed by atoms with E-state index >= 15 is 0 Å². The number of ether oxygens (including phenoxy) is 1. The summed E-state index contributed by atoms with van der Waals surface area (Å²) < 4.78 is 5.14. The molecule has 0 unspecified atom stereocenters. The van der Waals surface area contributed by atoms with Gasteiger partial charge in [0, 0.05) is 18.8 Å². The molecular weight excluding hydrogens is 464 g/mol. The van der Waals surface area contributed by atoms with E-state index in [1.807, 2.05) is 50.3 Å². The molecule has 5 heteroatoms. The summed E-state index contributed by atoms with van der Waals surface area (Å²) in [6.07, 6.45) is 10.0. The zero-order valence-electron chi connectivity index (χ0n) is 22.1. The molecular formula is C32H42O5. The molecule has 0 aromatic heterocycles. The molecule has 0 bridgehead atoms. The van der Waals surface area contributed by atoms with Crippen LogP contribution in [-0.2, 0) is 16.0 Å². The first-order valence-electron chi connectivity index (χ1n) is 13.5. The average molecular weight is 507 g/mol. The van der Waals surface area contributed by atoms with Crippen molar-refractivity contribution in [3.05, 3.63) is 84.5 Å². The number of carbonyl (C=O) groups is 1. The minimum atomic E-state index is -0.617. The van der Waals surface area contributed by atoms with Crippen molar-refractivity contribution in [1.82, 2.24) is 0 Å². The third kappa shape index (κ3) is 9.58. The van der Waals surface area contributed by atoms with Crippen LogP contribution in [0.25, 0.3) is 11.1 Å². The van der Waals surface area contributed by atoms with E-state index < -0.39 is 18.3 Å². The number of unbranched alkanes of at least 4 members (excludes halogenated alkanes) is 1. The van der Waals surface area contributed by atoms with Crippen LogP contribution in [0.4, 0.5) is 0 Å². The van der Waals surface area contributed by atoms with Crippen molar-refractivity contribution >= 4 is 5.97 Å². The monoisotopic (exact) mass is 506 g/mol. The van der Waals surface area contributed by atoms with Crippen LogP contribution >= 0.6 is 0 Å². The van der Waals surface area contributed by atoms with Crippen molar-refractivity contribution < 1.29 is 24.9 Å². The summed E-state index contributed by atoms with van der Waals surface area (Å²) in [4.78, 5) is 11.6. The van der Waals surface area contributed by atoms with Crippen molar-refractivity contribution in [2.45, 2.75) is 83.2 Å². The van der Waals surface area contributed by atoms with Crippen LogP contribution in [-0.4, -0.2) is 45.7 Å². The Balaban J connectivity index is 1.43. The molecule has 37 heavy (non-hydrogen) atoms. The normalized spacial score (nSPS) is 22.8. The van der Waals surface area contributed by atoms with Crippen LogP contribution in [0, 0.1) is 11.8 Å². The standard InChI is InChI=1S/C32H42O5/c1-23(2)37-32(36)13-9-4-3-8-12-28-29(31(35)22-30(28)34)21-20-27(33)19-16-24-14-17-26(18-15-24)25-10-6-5-7-11-25/h3,5-8,10-11,14-15,17-18,20-21,23,27-31,33-35H,4,9,12-13,16,19,22H2,1-2H3/b8-3-,21-20+/t27-,28-,29-,30+,31-/m1/s1. The Bertz CT molecular complexity index is 996. The Morgan fingerprint density at radius 1 is 1.00 bits per heavy atom. The Hall–Kier alpha value is -2.73. The number of aliphatic hydroxyl groups excluding tert-OH is 3. The first kappa shape index (κ1) is 28.8. The summed E-state index contributed by atoms with van der Waals surface area (Å²) in [6.45, 7) is 3.68. The maximum absolute atomic E-state index is 11.6. The highest BCUT2D eigenvalue weighted by Gasteiger charge is 2.39. The highest BCUT2D eigenvalue weighted by molar-refractivity contribution is 5.69. The van der Waals surface area contributed by atoms with Gasteiger partial charge in [0.25, 0.3) is 0 Å². The van der Waals surface area contributed by atoms with Gasteiger partial charge in [-0.25, -0.2) is 0 Å². The molecule has 2 aromatic rings. The molecule has 3 N–H and O–H groups in total. The molecule has 1 fully saturated rings. The molecule has 0 aliphatic heterocycles. The predicted molar refractivity (Wildman–Crippen MR) is 148 cm³/mol. The maximum atomic E-state index is 11.6. The van der Waals surface area contributed by atoms with E-state index in [0.717, 1.165) is 19.3 Å². The number of esters is 1. The zero-order valence-corrected chi connectivity index (χ0v) is 22.1. The summed E-state index contributed by atoms with van der Waals surface area (Å²) in [5, 5.41) is 31.5. The van der Waals surface area contributed by atoms with Crippen molar-refractivity contribution in [2.24, 2.45) is 11.8 Å². The molecule has 2 aromatic carbocycles. The van der Waals surface area contributed by atoms with Crippen molar-refractivity contribution in [3.63, 3.8) is 0 Å². The zero-order chi connectivity index (χ0) is 26.6. The summed E-state index contributed by atoms with van der Waals surface area (Å²) >= 11 is 0. The van der Waals surface area contributed by atoms with Gasteiger partial charge in [-0.05, 0) is 68.6 Å². The lowest BCUT2D eigenvalue weighted by Gasteiger charge is -2.19. The number of rotatable bonds is 13. The summed E-state index contributed by atoms with van der Waals surface area (Å²) in [7, 11) is 0. The molecule has 0 radical (unpaired) electrons. The van der Waals surface area contributed by atoms with Gasteiger partial charge < -0.3 is 20.1 Å². The van der Waals surface area contributed by atoms with Crippen LogP contribution in [0.3, 0.4) is 0 Å². The van der Waals surface area contributed by atoms with Gasteiger partial charge in [0.05, 0.1) is 24.4 Å². The van der Waals surface area contributed by atoms with Gasteiger partial charge in [-0.3, -0.25) is 4.79 Å². The molecule has 1 saturated carbocycles. The van der Waals surface area contributed by atoms with Crippen LogP contribution < -0.4 is 0 Å². The number of aryl methyl sites for hydroxylation is 1. The second-order valence-corrected chi connectivity index (χ2v) is 10.3. The van der Waals surface area contributed by atoms with Gasteiger partial charge in [-0.1, -0.05) is 78.9 Å². The average Bonchev–Trinajstić information content (AvgIpc) is 3.15. The molecule has 1 aliphatic rings. The predicted octanol–water partition coefficient (Wildman–Crippen LogP) is 5.63. The molecule has 5 atom stereocenters. The van der Waals surface area contributed by atoms with E-state index in [1.54, 1.807) is 6.08 Å². The lowest BCUT2D eigenvalue weighted by Crippen LogP contribution is -2.20. The fourth-order valence-electron chi connectivity index (χ4n) is 4.93. The third-order valence-corrected chi connectivity index (χ3v) is 6.95. The van der Waals surface area contributed by atoms with Crippen LogP contribution in [0.15, 0.2) is 78.9 Å². The minimum absolute atomic E-state index is 0.0895. The number of aliphatic hydroxyl groups is 3. The van der Waals surface area contributed by atoms with Gasteiger partial charge in [-0.15, -0.1) is 0 Å². The number of hydrogen-bond acceptors (Lipinski definition) is 5. The first-order chi connectivity index (χ1) is 17.8. The Labute approximate surface area is 221 Å². The fourth-order valence-corrected chi connectivity index (χ4v) is 4.93. The Morgan fingerprint density at radius 2 is 1.70 bits per heavy atom. The largest absolute Gasteiger partial charge is 0.463 e. The molecule has 0 saturated heterocycles. The number of benzene rings is 2. The van der Waals surface area contributed by atoms with Gasteiger partial charge in [-0.2, -0.15) is 0 Å². The van der Waals surface area contributed by atoms with Crippen molar-refractivity contribution in [3.8, 4) is 11.1 Å². The molecule has 5 nitrogen and oxygen atoms in total. The summed E-state index contributed by atoms with van der Waals surface area (Å²) in [5.74, 6) is -0.461. The van der Waals surface area contributed by atoms with E-state index in [4.69, 9.17) is 4.74 Å². The Morgan fingerprint density at radius 3 is 2.41 bits per heavy atom. The maximum Gasteiger partial charge on any atom is 0.306 e. The number of hydrogen-bond donors (Lipinski definition) is 3. The lowest BCUT2D eigenvalue weighted by molar-refractivity contribution is -0.147. The third-order valence-electron chi connectivity index (χ3n) is 6.95. The molecule has 0 amide bonds. The van der Waals surface area contributed by atoms with Crippen molar-refractivity contribution in [2.75, 3.05) is 0 Å². The van der Waals surface area contributed by atoms with E-state index in [-0.39, 0.29) is 23.9 Å². The second-order valence-electron chi connectivity index (χ2n) is 10.3. The number of carbonyl (C=O) groups excluding carboxylic acids is 1. The number of allylic oxidation sites excluding steroid dienone is 2. The molecule has 0 heterocycles. The van der Waals surface area contributed by atoms with Crippen LogP contribution in [0.5, 0.6) is 0 Å². The topological polar surface area (TPSA) is 87.0 Å². The van der Waals surface area contributed by atoms with E-state index in [2.05, 4.69) is 36.4 Å². The molecule has 1 aliphatic carbocycles. The minimum Gasteiger partial charge on any atom is -0.463 e. The Kier molecular flexibility index (Phi) is 11.6. The van der Waals surface area contributed by atoms with Gasteiger partial charge in [0.1, 0.15) is 0 Å². The summed E-state index contributed by atoms with van der Waals surface area (Å²) in [6, 6.07) is 18.7. The second kappa shape index (κ2) is 14.9. The van der Waals surface area contributed by atoms with E-state index in [1.165, 1.54) is 16.7 Å². The van der Waals surface area contributed by atoms with Crippen molar-refractivity contribution in [1.29, 1.82) is 0 Å². The van der Waals surface area contributed by atoms with Crippen LogP contribution in [0.1, 0.15) is 57.9 Å². The highest BCUT2D eigenvalue weighted by atomic mass is 16.5. The van der Waals surface area contributed by atoms with Gasteiger partial charge >= 0.3 is 5.97 Å².